The van der Waals surface area contributed by atoms with Gasteiger partial charge in [-0.25, -0.2) is 4.39 Å². The number of nitrogens with two attached hydrogens (primary N) is 1. The largest absolute Gasteiger partial charge is 0.493 e. The molecule has 3 heterocycles. The number of hydrogen-bond donors (Lipinski definition) is 2. The molecule has 48 heavy (non-hydrogen) atoms. The van der Waals surface area contributed by atoms with Gasteiger partial charge in [-0.2, -0.15) is 5.10 Å². The third kappa shape index (κ3) is 6.20. The van der Waals surface area contributed by atoms with Gasteiger partial charge in [-0.05, 0) is 72.6 Å². The fraction of sp³-hybridized carbons (Fsp3) is 0.278. The van der Waals surface area contributed by atoms with Crippen LogP contribution in [0.2, 0.25) is 0 Å². The van der Waals surface area contributed by atoms with Crippen LogP contribution in [-0.2, 0) is 11.8 Å². The van der Waals surface area contributed by atoms with E-state index in [0.29, 0.717) is 43.4 Å². The summed E-state index contributed by atoms with van der Waals surface area (Å²) in [6.07, 6.45) is 1.50. The maximum absolute atomic E-state index is 13.5. The molecule has 12 heteroatoms. The van der Waals surface area contributed by atoms with Crippen molar-refractivity contribution in [2.45, 2.75) is 20.8 Å². The molecule has 0 aliphatic carbocycles. The van der Waals surface area contributed by atoms with E-state index in [-0.39, 0.29) is 29.7 Å². The zero-order valence-corrected chi connectivity index (χ0v) is 27.4. The number of fused-ring (bicyclic) bond motifs is 1. The smallest absolute Gasteiger partial charge is 0.271 e. The molecule has 0 radical (unpaired) electrons. The Balaban J connectivity index is 1.29. The maximum atomic E-state index is 13.5. The Morgan fingerprint density at radius 2 is 1.67 bits per heavy atom. The minimum atomic E-state index is -0.636. The number of anilines is 3. The quantitative estimate of drug-likeness (QED) is 0.240. The average Bonchev–Trinajstić information content (AvgIpc) is 3.37. The van der Waals surface area contributed by atoms with Crippen LogP contribution < -0.4 is 26.2 Å². The van der Waals surface area contributed by atoms with Gasteiger partial charge in [0.25, 0.3) is 11.5 Å². The molecule has 11 nitrogen and oxygen atoms in total. The summed E-state index contributed by atoms with van der Waals surface area (Å²) in [5, 5.41) is 8.12. The SMILES string of the molecule is CCOc1ccn(-c2ccc(F)cc2)c(=O)c1C(=O)Nc1ccc(-c2cc(N3CCN(C(=O)C(C)C)CC3)cc3c2c(N)nn3C)cc1. The molecule has 2 aromatic heterocycles. The molecule has 5 aromatic rings. The summed E-state index contributed by atoms with van der Waals surface area (Å²) < 4.78 is 22.2. The number of carbonyl (C=O) groups excluding carboxylic acids is 2. The highest BCUT2D eigenvalue weighted by molar-refractivity contribution is 6.07. The predicted molar refractivity (Wildman–Crippen MR) is 185 cm³/mol. The summed E-state index contributed by atoms with van der Waals surface area (Å²) in [5.74, 6) is -0.389. The zero-order chi connectivity index (χ0) is 34.1. The van der Waals surface area contributed by atoms with Gasteiger partial charge in [-0.3, -0.25) is 23.6 Å². The van der Waals surface area contributed by atoms with Crippen LogP contribution in [0.3, 0.4) is 0 Å². The number of carbonyl (C=O) groups is 2. The van der Waals surface area contributed by atoms with Crippen LogP contribution in [0.1, 0.15) is 31.1 Å². The fourth-order valence-corrected chi connectivity index (χ4v) is 6.10. The zero-order valence-electron chi connectivity index (χ0n) is 27.4. The number of rotatable bonds is 8. The van der Waals surface area contributed by atoms with Crippen LogP contribution in [0.5, 0.6) is 5.75 Å². The highest BCUT2D eigenvalue weighted by Gasteiger charge is 2.25. The molecule has 248 valence electrons. The Kier molecular flexibility index (Phi) is 8.90. The first-order chi connectivity index (χ1) is 23.0. The average molecular weight is 652 g/mol. The standard InChI is InChI=1S/C36H38FN7O4/c1-5-48-30-14-15-44(26-12-8-24(37)9-13-26)36(47)32(30)34(45)39-25-10-6-23(7-11-25)28-20-27(21-29-31(28)33(38)40-41(29)4)42-16-18-43(19-17-42)35(46)22(2)3/h6-15,20-22H,5,16-19H2,1-4H3,(H2,38,40)(H,39,45). The van der Waals surface area contributed by atoms with E-state index in [1.54, 1.807) is 29.8 Å². The first kappa shape index (κ1) is 32.3. The van der Waals surface area contributed by atoms with Crippen molar-refractivity contribution in [3.8, 4) is 22.6 Å². The molecule has 0 unspecified atom stereocenters. The van der Waals surface area contributed by atoms with Crippen LogP contribution in [-0.4, -0.2) is 63.8 Å². The van der Waals surface area contributed by atoms with Crippen molar-refractivity contribution in [3.63, 3.8) is 0 Å². The Morgan fingerprint density at radius 3 is 2.31 bits per heavy atom. The molecular weight excluding hydrogens is 613 g/mol. The fourth-order valence-electron chi connectivity index (χ4n) is 6.10. The van der Waals surface area contributed by atoms with Crippen molar-refractivity contribution in [2.24, 2.45) is 13.0 Å². The number of halogens is 1. The highest BCUT2D eigenvalue weighted by atomic mass is 19.1. The number of nitrogen functional groups attached to an aromatic ring is 1. The molecule has 2 amide bonds. The van der Waals surface area contributed by atoms with E-state index in [9.17, 15) is 18.8 Å². The molecule has 1 saturated heterocycles. The lowest BCUT2D eigenvalue weighted by Gasteiger charge is -2.37. The minimum Gasteiger partial charge on any atom is -0.493 e. The summed E-state index contributed by atoms with van der Waals surface area (Å²) in [7, 11) is 1.86. The number of benzene rings is 3. The molecule has 0 spiro atoms. The van der Waals surface area contributed by atoms with Gasteiger partial charge < -0.3 is 25.6 Å². The molecule has 6 rings (SSSR count). The number of aromatic nitrogens is 3. The second-order valence-corrected chi connectivity index (χ2v) is 12.0. The highest BCUT2D eigenvalue weighted by Crippen LogP contribution is 2.37. The van der Waals surface area contributed by atoms with Crippen molar-refractivity contribution in [3.05, 3.63) is 94.7 Å². The van der Waals surface area contributed by atoms with Crippen molar-refractivity contribution < 1.29 is 18.7 Å². The number of pyridine rings is 1. The van der Waals surface area contributed by atoms with Crippen LogP contribution >= 0.6 is 0 Å². The molecule has 3 aromatic carbocycles. The summed E-state index contributed by atoms with van der Waals surface area (Å²) in [5.41, 5.74) is 10.1. The number of ether oxygens (including phenoxy) is 1. The first-order valence-corrected chi connectivity index (χ1v) is 15.9. The molecule has 0 bridgehead atoms. The predicted octanol–water partition coefficient (Wildman–Crippen LogP) is 5.07. The molecule has 1 fully saturated rings. The number of aryl methyl sites for hydroxylation is 1. The van der Waals surface area contributed by atoms with Gasteiger partial charge in [0.15, 0.2) is 5.82 Å². The van der Waals surface area contributed by atoms with Gasteiger partial charge >= 0.3 is 0 Å². The Bertz CT molecular complexity index is 2040. The molecule has 0 atom stereocenters. The first-order valence-electron chi connectivity index (χ1n) is 15.9. The Hall–Kier alpha value is -5.65. The van der Waals surface area contributed by atoms with Gasteiger partial charge in [0, 0.05) is 62.4 Å². The van der Waals surface area contributed by atoms with Gasteiger partial charge in [0.05, 0.1) is 17.5 Å². The molecule has 1 aliphatic rings. The summed E-state index contributed by atoms with van der Waals surface area (Å²) in [6, 6.07) is 18.4. The van der Waals surface area contributed by atoms with Crippen molar-refractivity contribution >= 4 is 39.9 Å². The lowest BCUT2D eigenvalue weighted by Crippen LogP contribution is -2.49. The van der Waals surface area contributed by atoms with Crippen molar-refractivity contribution in [1.82, 2.24) is 19.2 Å². The molecular formula is C36H38FN7O4. The number of piperazine rings is 1. The van der Waals surface area contributed by atoms with Crippen molar-refractivity contribution in [1.29, 1.82) is 0 Å². The topological polar surface area (TPSA) is 128 Å². The number of nitrogens with zero attached hydrogens (tertiary/aromatic N) is 5. The third-order valence-electron chi connectivity index (χ3n) is 8.55. The maximum Gasteiger partial charge on any atom is 0.271 e. The second kappa shape index (κ2) is 13.2. The number of nitrogens with one attached hydrogen (secondary N) is 1. The van der Waals surface area contributed by atoms with E-state index in [4.69, 9.17) is 10.5 Å². The van der Waals surface area contributed by atoms with E-state index in [2.05, 4.69) is 27.4 Å². The van der Waals surface area contributed by atoms with E-state index in [0.717, 1.165) is 27.7 Å². The molecule has 3 N–H and O–H groups in total. The Labute approximate surface area is 277 Å². The number of amides is 2. The lowest BCUT2D eigenvalue weighted by atomic mass is 9.99. The van der Waals surface area contributed by atoms with Crippen LogP contribution in [0.15, 0.2) is 77.7 Å². The normalized spacial score (nSPS) is 13.3. The molecule has 0 saturated carbocycles. The van der Waals surface area contributed by atoms with Gasteiger partial charge in [0.1, 0.15) is 17.1 Å². The van der Waals surface area contributed by atoms with Gasteiger partial charge in [0.2, 0.25) is 5.91 Å². The minimum absolute atomic E-state index is 0.0377. The van der Waals surface area contributed by atoms with E-state index in [1.807, 2.05) is 37.9 Å². The van der Waals surface area contributed by atoms with Crippen LogP contribution in [0.25, 0.3) is 27.7 Å². The van der Waals surface area contributed by atoms with Gasteiger partial charge in [-0.1, -0.05) is 26.0 Å². The molecule has 1 aliphatic heterocycles. The van der Waals surface area contributed by atoms with E-state index >= 15 is 0 Å². The third-order valence-corrected chi connectivity index (χ3v) is 8.55. The summed E-state index contributed by atoms with van der Waals surface area (Å²) in [4.78, 5) is 43.8. The summed E-state index contributed by atoms with van der Waals surface area (Å²) >= 11 is 0. The second-order valence-electron chi connectivity index (χ2n) is 12.0. The summed E-state index contributed by atoms with van der Waals surface area (Å²) in [6.45, 7) is 8.56. The van der Waals surface area contributed by atoms with Crippen LogP contribution in [0, 0.1) is 11.7 Å². The van der Waals surface area contributed by atoms with E-state index in [1.165, 1.54) is 35.0 Å². The monoisotopic (exact) mass is 651 g/mol. The van der Waals surface area contributed by atoms with Crippen molar-refractivity contribution in [2.75, 3.05) is 48.7 Å². The van der Waals surface area contributed by atoms with E-state index < -0.39 is 17.3 Å². The number of hydrogen-bond acceptors (Lipinski definition) is 7. The lowest BCUT2D eigenvalue weighted by molar-refractivity contribution is -0.134. The van der Waals surface area contributed by atoms with Crippen LogP contribution in [0.4, 0.5) is 21.6 Å². The Morgan fingerprint density at radius 1 is 0.979 bits per heavy atom. The van der Waals surface area contributed by atoms with Gasteiger partial charge in [-0.15, -0.1) is 0 Å².